The summed E-state index contributed by atoms with van der Waals surface area (Å²) >= 11 is 0. The third-order valence-corrected chi connectivity index (χ3v) is 4.91. The van der Waals surface area contributed by atoms with Crippen LogP contribution < -0.4 is 9.46 Å². The molecule has 1 N–H and O–H groups in total. The molecular formula is C17H22N2O5S. The Kier molecular flexibility index (Phi) is 6.72. The zero-order valence-electron chi connectivity index (χ0n) is 14.3. The van der Waals surface area contributed by atoms with E-state index in [1.54, 1.807) is 24.4 Å². The molecule has 1 heterocycles. The van der Waals surface area contributed by atoms with E-state index in [2.05, 4.69) is 9.71 Å². The summed E-state index contributed by atoms with van der Waals surface area (Å²) in [6.45, 7) is 4.13. The maximum Gasteiger partial charge on any atom is 0.321 e. The lowest BCUT2D eigenvalue weighted by Crippen LogP contribution is -2.31. The quantitative estimate of drug-likeness (QED) is 0.540. The lowest BCUT2D eigenvalue weighted by molar-refractivity contribution is -0.142. The van der Waals surface area contributed by atoms with Gasteiger partial charge in [0.2, 0.25) is 10.0 Å². The fourth-order valence-electron chi connectivity index (χ4n) is 2.24. The molecule has 0 unspecified atom stereocenters. The Balaban J connectivity index is 2.22. The number of rotatable bonds is 9. The van der Waals surface area contributed by atoms with E-state index >= 15 is 0 Å². The SMILES string of the molecule is CCCCOC(=O)CNS(=O)(=O)c1ccc(OCC)c2ncccc12. The number of unbranched alkanes of at least 4 members (excludes halogenated alkanes) is 1. The van der Waals surface area contributed by atoms with Gasteiger partial charge in [-0.25, -0.2) is 8.42 Å². The molecule has 0 atom stereocenters. The highest BCUT2D eigenvalue weighted by Crippen LogP contribution is 2.29. The van der Waals surface area contributed by atoms with E-state index in [1.165, 1.54) is 6.07 Å². The first-order chi connectivity index (χ1) is 12.0. The number of carbonyl (C=O) groups excluding carboxylic acids is 1. The zero-order chi connectivity index (χ0) is 18.3. The summed E-state index contributed by atoms with van der Waals surface area (Å²) < 4.78 is 37.8. The molecule has 0 bridgehead atoms. The number of aromatic nitrogens is 1. The molecule has 0 saturated carbocycles. The first-order valence-electron chi connectivity index (χ1n) is 8.15. The van der Waals surface area contributed by atoms with Crippen LogP contribution in [0.1, 0.15) is 26.7 Å². The molecule has 8 heteroatoms. The lowest BCUT2D eigenvalue weighted by Gasteiger charge is -2.12. The fourth-order valence-corrected chi connectivity index (χ4v) is 3.40. The fraction of sp³-hybridized carbons (Fsp3) is 0.412. The van der Waals surface area contributed by atoms with E-state index in [1.807, 2.05) is 13.8 Å². The van der Waals surface area contributed by atoms with Crippen molar-refractivity contribution < 1.29 is 22.7 Å². The van der Waals surface area contributed by atoms with Gasteiger partial charge >= 0.3 is 5.97 Å². The molecule has 2 rings (SSSR count). The van der Waals surface area contributed by atoms with Crippen molar-refractivity contribution in [2.24, 2.45) is 0 Å². The first-order valence-corrected chi connectivity index (χ1v) is 9.63. The molecule has 136 valence electrons. The van der Waals surface area contributed by atoms with Gasteiger partial charge < -0.3 is 9.47 Å². The van der Waals surface area contributed by atoms with E-state index in [0.717, 1.165) is 12.8 Å². The van der Waals surface area contributed by atoms with Crippen LogP contribution in [0.25, 0.3) is 10.9 Å². The van der Waals surface area contributed by atoms with E-state index < -0.39 is 22.5 Å². The van der Waals surface area contributed by atoms with Crippen molar-refractivity contribution in [2.45, 2.75) is 31.6 Å². The van der Waals surface area contributed by atoms with Gasteiger partial charge in [0.25, 0.3) is 0 Å². The highest BCUT2D eigenvalue weighted by molar-refractivity contribution is 7.89. The van der Waals surface area contributed by atoms with Crippen molar-refractivity contribution in [3.8, 4) is 5.75 Å². The summed E-state index contributed by atoms with van der Waals surface area (Å²) in [4.78, 5) is 15.9. The molecule has 0 fully saturated rings. The summed E-state index contributed by atoms with van der Waals surface area (Å²) in [7, 11) is -3.89. The second kappa shape index (κ2) is 8.77. The Bertz CT molecular complexity index is 836. The molecule has 0 spiro atoms. The summed E-state index contributed by atoms with van der Waals surface area (Å²) in [5.41, 5.74) is 0.456. The van der Waals surface area contributed by atoms with Crippen LogP contribution in [-0.2, 0) is 19.6 Å². The van der Waals surface area contributed by atoms with Crippen LogP contribution in [0.15, 0.2) is 35.4 Å². The second-order valence-electron chi connectivity index (χ2n) is 5.29. The Morgan fingerprint density at radius 1 is 1.24 bits per heavy atom. The number of hydrogen-bond acceptors (Lipinski definition) is 6. The largest absolute Gasteiger partial charge is 0.492 e. The van der Waals surface area contributed by atoms with E-state index in [-0.39, 0.29) is 11.5 Å². The molecule has 7 nitrogen and oxygen atoms in total. The maximum atomic E-state index is 12.6. The van der Waals surface area contributed by atoms with Crippen LogP contribution in [0.2, 0.25) is 0 Å². The summed E-state index contributed by atoms with van der Waals surface area (Å²) in [5.74, 6) is -0.0959. The molecule has 25 heavy (non-hydrogen) atoms. The predicted octanol–water partition coefficient (Wildman–Crippen LogP) is 2.26. The third-order valence-electron chi connectivity index (χ3n) is 3.45. The Labute approximate surface area is 147 Å². The van der Waals surface area contributed by atoms with Crippen LogP contribution in [0.4, 0.5) is 0 Å². The Morgan fingerprint density at radius 3 is 2.76 bits per heavy atom. The van der Waals surface area contributed by atoms with Gasteiger partial charge in [-0.2, -0.15) is 4.72 Å². The number of carbonyl (C=O) groups is 1. The van der Waals surface area contributed by atoms with Crippen molar-refractivity contribution in [3.05, 3.63) is 30.5 Å². The van der Waals surface area contributed by atoms with Crippen molar-refractivity contribution in [1.82, 2.24) is 9.71 Å². The molecular weight excluding hydrogens is 344 g/mol. The van der Waals surface area contributed by atoms with Gasteiger partial charge in [0, 0.05) is 11.6 Å². The van der Waals surface area contributed by atoms with E-state index in [9.17, 15) is 13.2 Å². The van der Waals surface area contributed by atoms with Crippen molar-refractivity contribution in [2.75, 3.05) is 19.8 Å². The second-order valence-corrected chi connectivity index (χ2v) is 7.03. The molecule has 2 aromatic rings. The molecule has 0 aliphatic rings. The van der Waals surface area contributed by atoms with Crippen LogP contribution in [0, 0.1) is 0 Å². The number of sulfonamides is 1. The van der Waals surface area contributed by atoms with Gasteiger partial charge in [-0.1, -0.05) is 13.3 Å². The van der Waals surface area contributed by atoms with Gasteiger partial charge in [-0.15, -0.1) is 0 Å². The number of benzene rings is 1. The number of nitrogens with zero attached hydrogens (tertiary/aromatic N) is 1. The maximum absolute atomic E-state index is 12.6. The Hall–Kier alpha value is -2.19. The average Bonchev–Trinajstić information content (AvgIpc) is 2.60. The molecule has 0 aliphatic heterocycles. The standard InChI is InChI=1S/C17H22N2O5S/c1-3-5-11-24-16(20)12-19-25(21,22)15-9-8-14(23-4-2)17-13(15)7-6-10-18-17/h6-10,19H,3-5,11-12H2,1-2H3. The number of pyridine rings is 1. The number of nitrogens with one attached hydrogen (secondary N) is 1. The predicted molar refractivity (Wildman–Crippen MR) is 94.0 cm³/mol. The monoisotopic (exact) mass is 366 g/mol. The summed E-state index contributed by atoms with van der Waals surface area (Å²) in [6.07, 6.45) is 3.21. The van der Waals surface area contributed by atoms with Gasteiger partial charge in [0.1, 0.15) is 17.8 Å². The number of esters is 1. The minimum Gasteiger partial charge on any atom is -0.492 e. The number of fused-ring (bicyclic) bond motifs is 1. The number of hydrogen-bond donors (Lipinski definition) is 1. The number of ether oxygens (including phenoxy) is 2. The van der Waals surface area contributed by atoms with E-state index in [4.69, 9.17) is 9.47 Å². The minimum absolute atomic E-state index is 0.0420. The highest BCUT2D eigenvalue weighted by Gasteiger charge is 2.20. The molecule has 0 aliphatic carbocycles. The van der Waals surface area contributed by atoms with Crippen molar-refractivity contribution in [1.29, 1.82) is 0 Å². The average molecular weight is 366 g/mol. The van der Waals surface area contributed by atoms with Gasteiger partial charge in [-0.3, -0.25) is 9.78 Å². The first kappa shape index (κ1) is 19.1. The Morgan fingerprint density at radius 2 is 2.04 bits per heavy atom. The smallest absolute Gasteiger partial charge is 0.321 e. The van der Waals surface area contributed by atoms with Crippen LogP contribution in [0.5, 0.6) is 5.75 Å². The zero-order valence-corrected chi connectivity index (χ0v) is 15.1. The van der Waals surface area contributed by atoms with E-state index in [0.29, 0.717) is 23.3 Å². The minimum atomic E-state index is -3.89. The summed E-state index contributed by atoms with van der Waals surface area (Å²) in [5, 5.41) is 0.431. The van der Waals surface area contributed by atoms with Gasteiger partial charge in [0.15, 0.2) is 0 Å². The molecule has 0 amide bonds. The normalized spacial score (nSPS) is 11.4. The topological polar surface area (TPSA) is 94.6 Å². The van der Waals surface area contributed by atoms with Gasteiger partial charge in [-0.05, 0) is 37.6 Å². The molecule has 1 aromatic carbocycles. The third kappa shape index (κ3) is 4.90. The highest BCUT2D eigenvalue weighted by atomic mass is 32.2. The molecule has 0 radical (unpaired) electrons. The van der Waals surface area contributed by atoms with Crippen molar-refractivity contribution in [3.63, 3.8) is 0 Å². The van der Waals surface area contributed by atoms with Crippen molar-refractivity contribution >= 4 is 26.9 Å². The molecule has 1 aromatic heterocycles. The van der Waals surface area contributed by atoms with Crippen LogP contribution in [-0.4, -0.2) is 39.1 Å². The van der Waals surface area contributed by atoms with Gasteiger partial charge in [0.05, 0.1) is 18.1 Å². The lowest BCUT2D eigenvalue weighted by atomic mass is 10.2. The van der Waals surface area contributed by atoms with Crippen LogP contribution >= 0.6 is 0 Å². The summed E-state index contributed by atoms with van der Waals surface area (Å²) in [6, 6.07) is 6.31. The molecule has 0 saturated heterocycles. The van der Waals surface area contributed by atoms with Crippen LogP contribution in [0.3, 0.4) is 0 Å².